The molecule has 18 heavy (non-hydrogen) atoms. The van der Waals surface area contributed by atoms with Crippen LogP contribution in [-0.2, 0) is 11.2 Å². The number of methoxy groups -OCH3 is 1. The van der Waals surface area contributed by atoms with Crippen LogP contribution in [0.4, 0.5) is 5.69 Å². The van der Waals surface area contributed by atoms with Gasteiger partial charge in [-0.3, -0.25) is 0 Å². The first-order chi connectivity index (χ1) is 8.74. The van der Waals surface area contributed by atoms with E-state index in [1.165, 1.54) is 11.3 Å². The van der Waals surface area contributed by atoms with Gasteiger partial charge < -0.3 is 15.0 Å². The largest absolute Gasteiger partial charge is 0.385 e. The van der Waals surface area contributed by atoms with Crippen molar-refractivity contribution in [3.63, 3.8) is 0 Å². The standard InChI is InChI=1S/C14H20N2OS/c1-11-10-12-6-3-4-7-13(12)16(11)14(18)15-8-5-9-17-2/h3-4,6-7,11H,5,8-10H2,1-2H3,(H,15,18)/t11-/m0/s1. The Labute approximate surface area is 114 Å². The molecular weight excluding hydrogens is 244 g/mol. The third kappa shape index (κ3) is 2.82. The summed E-state index contributed by atoms with van der Waals surface area (Å²) in [6.07, 6.45) is 2.04. The number of thiocarbonyl (C=S) groups is 1. The molecule has 0 aromatic heterocycles. The lowest BCUT2D eigenvalue weighted by atomic mass is 10.1. The molecule has 1 aliphatic rings. The summed E-state index contributed by atoms with van der Waals surface area (Å²) in [5.74, 6) is 0. The third-order valence-corrected chi connectivity index (χ3v) is 3.57. The molecule has 3 nitrogen and oxygen atoms in total. The van der Waals surface area contributed by atoms with Crippen LogP contribution in [0, 0.1) is 0 Å². The molecule has 1 aliphatic heterocycles. The first kappa shape index (κ1) is 13.3. The minimum Gasteiger partial charge on any atom is -0.385 e. The summed E-state index contributed by atoms with van der Waals surface area (Å²) in [5, 5.41) is 4.13. The monoisotopic (exact) mass is 264 g/mol. The number of nitrogens with zero attached hydrogens (tertiary/aromatic N) is 1. The van der Waals surface area contributed by atoms with E-state index < -0.39 is 0 Å². The van der Waals surface area contributed by atoms with Crippen molar-refractivity contribution in [3.8, 4) is 0 Å². The Morgan fingerprint density at radius 2 is 2.28 bits per heavy atom. The van der Waals surface area contributed by atoms with Gasteiger partial charge >= 0.3 is 0 Å². The minimum atomic E-state index is 0.435. The molecule has 0 fully saturated rings. The average Bonchev–Trinajstić information content (AvgIpc) is 2.70. The van der Waals surface area contributed by atoms with Gasteiger partial charge in [0.2, 0.25) is 0 Å². The first-order valence-corrected chi connectivity index (χ1v) is 6.78. The number of benzene rings is 1. The summed E-state index contributed by atoms with van der Waals surface area (Å²) in [5.41, 5.74) is 2.63. The SMILES string of the molecule is COCCCNC(=S)N1c2ccccc2C[C@@H]1C. The van der Waals surface area contributed by atoms with Gasteiger partial charge in [0.25, 0.3) is 0 Å². The van der Waals surface area contributed by atoms with Crippen molar-refractivity contribution in [2.75, 3.05) is 25.2 Å². The molecule has 1 aromatic rings. The van der Waals surface area contributed by atoms with Crippen LogP contribution < -0.4 is 10.2 Å². The smallest absolute Gasteiger partial charge is 0.173 e. The number of para-hydroxylation sites is 1. The van der Waals surface area contributed by atoms with E-state index in [0.29, 0.717) is 6.04 Å². The zero-order valence-corrected chi connectivity index (χ0v) is 11.8. The molecule has 2 rings (SSSR count). The summed E-state index contributed by atoms with van der Waals surface area (Å²) in [6.45, 7) is 3.84. The third-order valence-electron chi connectivity index (χ3n) is 3.23. The van der Waals surface area contributed by atoms with Crippen LogP contribution in [0.25, 0.3) is 0 Å². The van der Waals surface area contributed by atoms with Crippen molar-refractivity contribution in [3.05, 3.63) is 29.8 Å². The fourth-order valence-corrected chi connectivity index (χ4v) is 2.75. The van der Waals surface area contributed by atoms with E-state index in [0.717, 1.165) is 31.1 Å². The summed E-state index contributed by atoms with van der Waals surface area (Å²) in [4.78, 5) is 2.22. The highest BCUT2D eigenvalue weighted by Gasteiger charge is 2.27. The molecule has 0 aliphatic carbocycles. The van der Waals surface area contributed by atoms with Crippen LogP contribution in [0.5, 0.6) is 0 Å². The summed E-state index contributed by atoms with van der Waals surface area (Å²) >= 11 is 5.49. The minimum absolute atomic E-state index is 0.435. The molecule has 1 N–H and O–H groups in total. The van der Waals surface area contributed by atoms with E-state index in [2.05, 4.69) is 41.4 Å². The second-order valence-corrected chi connectivity index (χ2v) is 5.02. The van der Waals surface area contributed by atoms with Crippen molar-refractivity contribution in [2.24, 2.45) is 0 Å². The number of nitrogens with one attached hydrogen (secondary N) is 1. The lowest BCUT2D eigenvalue weighted by molar-refractivity contribution is 0.195. The van der Waals surface area contributed by atoms with E-state index in [-0.39, 0.29) is 0 Å². The number of anilines is 1. The van der Waals surface area contributed by atoms with Gasteiger partial charge in [0.15, 0.2) is 5.11 Å². The van der Waals surface area contributed by atoms with Gasteiger partial charge in [0, 0.05) is 32.0 Å². The van der Waals surface area contributed by atoms with Crippen LogP contribution in [0.3, 0.4) is 0 Å². The molecule has 1 aromatic carbocycles. The summed E-state index contributed by atoms with van der Waals surface area (Å²) in [6, 6.07) is 8.91. The highest BCUT2D eigenvalue weighted by Crippen LogP contribution is 2.31. The average molecular weight is 264 g/mol. The van der Waals surface area contributed by atoms with Crippen LogP contribution >= 0.6 is 12.2 Å². The van der Waals surface area contributed by atoms with Gasteiger partial charge in [-0.25, -0.2) is 0 Å². The first-order valence-electron chi connectivity index (χ1n) is 6.38. The molecule has 4 heteroatoms. The molecule has 1 atom stereocenters. The van der Waals surface area contributed by atoms with Crippen molar-refractivity contribution in [1.82, 2.24) is 5.32 Å². The van der Waals surface area contributed by atoms with Gasteiger partial charge in [0.1, 0.15) is 0 Å². The maximum absolute atomic E-state index is 5.49. The Bertz CT molecular complexity index is 422. The van der Waals surface area contributed by atoms with E-state index >= 15 is 0 Å². The predicted octanol–water partition coefficient (Wildman–Crippen LogP) is 2.35. The molecule has 0 saturated heterocycles. The maximum Gasteiger partial charge on any atom is 0.173 e. The summed E-state index contributed by atoms with van der Waals surface area (Å²) < 4.78 is 5.03. The molecule has 0 radical (unpaired) electrons. The fraction of sp³-hybridized carbons (Fsp3) is 0.500. The normalized spacial score (nSPS) is 17.7. The predicted molar refractivity (Wildman–Crippen MR) is 79.2 cm³/mol. The number of ether oxygens (including phenoxy) is 1. The van der Waals surface area contributed by atoms with E-state index in [1.54, 1.807) is 7.11 Å². The molecule has 0 spiro atoms. The maximum atomic E-state index is 5.49. The second-order valence-electron chi connectivity index (χ2n) is 4.63. The van der Waals surface area contributed by atoms with Gasteiger partial charge in [-0.05, 0) is 43.6 Å². The molecule has 1 heterocycles. The second kappa shape index (κ2) is 6.16. The number of hydrogen-bond donors (Lipinski definition) is 1. The van der Waals surface area contributed by atoms with Crippen molar-refractivity contribution in [1.29, 1.82) is 0 Å². The summed E-state index contributed by atoms with van der Waals surface area (Å²) in [7, 11) is 1.72. The highest BCUT2D eigenvalue weighted by atomic mass is 32.1. The van der Waals surface area contributed by atoms with Crippen molar-refractivity contribution < 1.29 is 4.74 Å². The zero-order chi connectivity index (χ0) is 13.0. The molecule has 98 valence electrons. The Morgan fingerprint density at radius 3 is 3.06 bits per heavy atom. The van der Waals surface area contributed by atoms with Gasteiger partial charge in [-0.2, -0.15) is 0 Å². The Kier molecular flexibility index (Phi) is 4.55. The van der Waals surface area contributed by atoms with Gasteiger partial charge in [-0.15, -0.1) is 0 Å². The van der Waals surface area contributed by atoms with Crippen molar-refractivity contribution in [2.45, 2.75) is 25.8 Å². The number of rotatable bonds is 4. The van der Waals surface area contributed by atoms with Crippen LogP contribution in [0.2, 0.25) is 0 Å². The van der Waals surface area contributed by atoms with Crippen molar-refractivity contribution >= 4 is 23.0 Å². The molecule has 0 bridgehead atoms. The van der Waals surface area contributed by atoms with Gasteiger partial charge in [-0.1, -0.05) is 18.2 Å². The van der Waals surface area contributed by atoms with E-state index in [1.807, 2.05) is 0 Å². The lowest BCUT2D eigenvalue weighted by Crippen LogP contribution is -2.43. The quantitative estimate of drug-likeness (QED) is 0.666. The van der Waals surface area contributed by atoms with Crippen LogP contribution in [0.15, 0.2) is 24.3 Å². The Hall–Kier alpha value is -1.13. The number of fused-ring (bicyclic) bond motifs is 1. The van der Waals surface area contributed by atoms with E-state index in [9.17, 15) is 0 Å². The highest BCUT2D eigenvalue weighted by molar-refractivity contribution is 7.80. The Morgan fingerprint density at radius 1 is 1.50 bits per heavy atom. The topological polar surface area (TPSA) is 24.5 Å². The Balaban J connectivity index is 1.98. The molecular formula is C14H20N2OS. The van der Waals surface area contributed by atoms with Crippen LogP contribution in [0.1, 0.15) is 18.9 Å². The molecule has 0 saturated carbocycles. The van der Waals surface area contributed by atoms with Gasteiger partial charge in [0.05, 0.1) is 0 Å². The molecule has 0 amide bonds. The van der Waals surface area contributed by atoms with E-state index in [4.69, 9.17) is 17.0 Å². The lowest BCUT2D eigenvalue weighted by Gasteiger charge is -2.26. The fourth-order valence-electron chi connectivity index (χ4n) is 2.37. The van der Waals surface area contributed by atoms with Crippen LogP contribution in [-0.4, -0.2) is 31.4 Å². The zero-order valence-electron chi connectivity index (χ0n) is 11.0. The number of hydrogen-bond acceptors (Lipinski definition) is 2. The molecule has 0 unspecified atom stereocenters.